The van der Waals surface area contributed by atoms with Crippen molar-refractivity contribution >= 4 is 0 Å². The Morgan fingerprint density at radius 2 is 1.71 bits per heavy atom. The van der Waals surface area contributed by atoms with Crippen LogP contribution in [0.15, 0.2) is 30.3 Å². The number of benzene rings is 1. The monoisotopic (exact) mass is 231 g/mol. The molecule has 0 aromatic heterocycles. The molecule has 1 aliphatic rings. The van der Waals surface area contributed by atoms with E-state index in [1.807, 2.05) is 0 Å². The van der Waals surface area contributed by atoms with Crippen LogP contribution in [0.5, 0.6) is 0 Å². The first-order valence-electron chi connectivity index (χ1n) is 6.82. The van der Waals surface area contributed by atoms with Gasteiger partial charge in [0.2, 0.25) is 0 Å². The topological polar surface area (TPSA) is 26.0 Å². The third-order valence-corrected chi connectivity index (χ3v) is 4.23. The molecule has 1 saturated carbocycles. The van der Waals surface area contributed by atoms with E-state index in [0.717, 1.165) is 12.8 Å². The molecule has 1 fully saturated rings. The van der Waals surface area contributed by atoms with Crippen LogP contribution in [0.2, 0.25) is 0 Å². The molecule has 0 heterocycles. The van der Waals surface area contributed by atoms with E-state index in [1.54, 1.807) is 0 Å². The lowest BCUT2D eigenvalue weighted by Gasteiger charge is -2.29. The molecule has 1 aliphatic carbocycles. The van der Waals surface area contributed by atoms with Crippen LogP contribution in [-0.4, -0.2) is 5.54 Å². The zero-order valence-electron chi connectivity index (χ0n) is 11.2. The lowest BCUT2D eigenvalue weighted by Crippen LogP contribution is -2.41. The predicted molar refractivity (Wildman–Crippen MR) is 73.9 cm³/mol. The first-order valence-corrected chi connectivity index (χ1v) is 6.82. The van der Waals surface area contributed by atoms with Crippen LogP contribution in [0.4, 0.5) is 0 Å². The minimum absolute atomic E-state index is 0.0229. The summed E-state index contributed by atoms with van der Waals surface area (Å²) in [5.41, 5.74) is 8.50. The van der Waals surface area contributed by atoms with Gasteiger partial charge in [0.15, 0.2) is 0 Å². The molecule has 17 heavy (non-hydrogen) atoms. The van der Waals surface area contributed by atoms with E-state index >= 15 is 0 Å². The zero-order valence-corrected chi connectivity index (χ0v) is 11.2. The maximum atomic E-state index is 6.61. The van der Waals surface area contributed by atoms with Crippen LogP contribution in [-0.2, 0) is 6.42 Å². The molecule has 2 rings (SSSR count). The Labute approximate surface area is 105 Å². The standard InChI is InChI=1S/C16H25N/c1-15(2)9-6-10-16(17,12-11-15)13-14-7-4-3-5-8-14/h3-5,7-8H,6,9-13,17H2,1-2H3. The molecule has 1 heteroatoms. The summed E-state index contributed by atoms with van der Waals surface area (Å²) in [5, 5.41) is 0. The Kier molecular flexibility index (Phi) is 3.58. The molecule has 1 aromatic rings. The summed E-state index contributed by atoms with van der Waals surface area (Å²) >= 11 is 0. The molecule has 0 amide bonds. The molecule has 0 bridgehead atoms. The maximum Gasteiger partial charge on any atom is 0.0195 e. The lowest BCUT2D eigenvalue weighted by molar-refractivity contribution is 0.297. The molecule has 1 atom stereocenters. The molecule has 0 aliphatic heterocycles. The van der Waals surface area contributed by atoms with E-state index in [2.05, 4.69) is 44.2 Å². The van der Waals surface area contributed by atoms with Crippen molar-refractivity contribution in [1.29, 1.82) is 0 Å². The van der Waals surface area contributed by atoms with Crippen molar-refractivity contribution in [2.45, 2.75) is 57.9 Å². The Balaban J connectivity index is 2.04. The summed E-state index contributed by atoms with van der Waals surface area (Å²) < 4.78 is 0. The van der Waals surface area contributed by atoms with Crippen LogP contribution in [0.1, 0.15) is 51.5 Å². The van der Waals surface area contributed by atoms with E-state index in [4.69, 9.17) is 5.73 Å². The summed E-state index contributed by atoms with van der Waals surface area (Å²) in [6.45, 7) is 4.75. The largest absolute Gasteiger partial charge is 0.325 e. The zero-order chi connectivity index (χ0) is 12.4. The van der Waals surface area contributed by atoms with Crippen LogP contribution >= 0.6 is 0 Å². The number of nitrogens with two attached hydrogens (primary N) is 1. The third kappa shape index (κ3) is 3.57. The molecule has 1 nitrogen and oxygen atoms in total. The molecule has 1 aromatic carbocycles. The van der Waals surface area contributed by atoms with E-state index in [-0.39, 0.29) is 5.54 Å². The van der Waals surface area contributed by atoms with Crippen LogP contribution in [0.25, 0.3) is 0 Å². The average molecular weight is 231 g/mol. The van der Waals surface area contributed by atoms with Crippen molar-refractivity contribution in [2.24, 2.45) is 11.1 Å². The van der Waals surface area contributed by atoms with Crippen molar-refractivity contribution in [1.82, 2.24) is 0 Å². The highest BCUT2D eigenvalue weighted by molar-refractivity contribution is 5.18. The highest BCUT2D eigenvalue weighted by atomic mass is 14.7. The van der Waals surface area contributed by atoms with Gasteiger partial charge in [0.05, 0.1) is 0 Å². The number of hydrogen-bond donors (Lipinski definition) is 1. The lowest BCUT2D eigenvalue weighted by atomic mass is 9.82. The summed E-state index contributed by atoms with van der Waals surface area (Å²) in [6, 6.07) is 10.7. The van der Waals surface area contributed by atoms with Gasteiger partial charge in [0, 0.05) is 5.54 Å². The average Bonchev–Trinajstić information content (AvgIpc) is 2.40. The van der Waals surface area contributed by atoms with Crippen LogP contribution in [0, 0.1) is 5.41 Å². The maximum absolute atomic E-state index is 6.61. The number of rotatable bonds is 2. The number of hydrogen-bond acceptors (Lipinski definition) is 1. The third-order valence-electron chi connectivity index (χ3n) is 4.23. The fourth-order valence-electron chi connectivity index (χ4n) is 2.94. The van der Waals surface area contributed by atoms with E-state index in [0.29, 0.717) is 5.41 Å². The minimum Gasteiger partial charge on any atom is -0.325 e. The fourth-order valence-corrected chi connectivity index (χ4v) is 2.94. The molecule has 0 radical (unpaired) electrons. The first kappa shape index (κ1) is 12.6. The fraction of sp³-hybridized carbons (Fsp3) is 0.625. The van der Waals surface area contributed by atoms with Crippen molar-refractivity contribution in [3.63, 3.8) is 0 Å². The van der Waals surface area contributed by atoms with Gasteiger partial charge < -0.3 is 5.73 Å². The van der Waals surface area contributed by atoms with E-state index < -0.39 is 0 Å². The van der Waals surface area contributed by atoms with Gasteiger partial charge in [0.25, 0.3) is 0 Å². The van der Waals surface area contributed by atoms with Gasteiger partial charge in [0.1, 0.15) is 0 Å². The Hall–Kier alpha value is -0.820. The molecule has 0 spiro atoms. The SMILES string of the molecule is CC1(C)CCCC(N)(Cc2ccccc2)CC1. The second-order valence-electron chi connectivity index (χ2n) is 6.54. The highest BCUT2D eigenvalue weighted by Gasteiger charge is 2.32. The summed E-state index contributed by atoms with van der Waals surface area (Å²) in [6.07, 6.45) is 7.22. The van der Waals surface area contributed by atoms with Crippen LogP contribution in [0.3, 0.4) is 0 Å². The van der Waals surface area contributed by atoms with Gasteiger partial charge in [-0.3, -0.25) is 0 Å². The molecular formula is C16H25N. The summed E-state index contributed by atoms with van der Waals surface area (Å²) in [7, 11) is 0. The van der Waals surface area contributed by atoms with E-state index in [1.165, 1.54) is 31.2 Å². The Bertz CT molecular complexity index is 355. The van der Waals surface area contributed by atoms with Gasteiger partial charge in [-0.1, -0.05) is 50.6 Å². The van der Waals surface area contributed by atoms with Gasteiger partial charge in [-0.2, -0.15) is 0 Å². The molecule has 2 N–H and O–H groups in total. The highest BCUT2D eigenvalue weighted by Crippen LogP contribution is 2.38. The van der Waals surface area contributed by atoms with Gasteiger partial charge in [-0.25, -0.2) is 0 Å². The van der Waals surface area contributed by atoms with Crippen molar-refractivity contribution in [2.75, 3.05) is 0 Å². The first-order chi connectivity index (χ1) is 7.99. The quantitative estimate of drug-likeness (QED) is 0.767. The smallest absolute Gasteiger partial charge is 0.0195 e. The molecule has 0 saturated heterocycles. The summed E-state index contributed by atoms with van der Waals surface area (Å²) in [4.78, 5) is 0. The second-order valence-corrected chi connectivity index (χ2v) is 6.54. The minimum atomic E-state index is 0.0229. The Morgan fingerprint density at radius 1 is 1.00 bits per heavy atom. The van der Waals surface area contributed by atoms with Crippen molar-refractivity contribution in [3.05, 3.63) is 35.9 Å². The Morgan fingerprint density at radius 3 is 2.41 bits per heavy atom. The predicted octanol–water partition coefficient (Wildman–Crippen LogP) is 3.92. The molecule has 94 valence electrons. The van der Waals surface area contributed by atoms with Gasteiger partial charge >= 0.3 is 0 Å². The van der Waals surface area contributed by atoms with Crippen LogP contribution < -0.4 is 5.73 Å². The van der Waals surface area contributed by atoms with Crippen molar-refractivity contribution in [3.8, 4) is 0 Å². The van der Waals surface area contributed by atoms with Gasteiger partial charge in [-0.15, -0.1) is 0 Å². The second kappa shape index (κ2) is 4.81. The summed E-state index contributed by atoms with van der Waals surface area (Å²) in [5.74, 6) is 0. The molecular weight excluding hydrogens is 206 g/mol. The van der Waals surface area contributed by atoms with E-state index in [9.17, 15) is 0 Å². The van der Waals surface area contributed by atoms with Gasteiger partial charge in [-0.05, 0) is 43.1 Å². The normalized spacial score (nSPS) is 28.6. The van der Waals surface area contributed by atoms with Crippen molar-refractivity contribution < 1.29 is 0 Å². The molecule has 1 unspecified atom stereocenters.